The summed E-state index contributed by atoms with van der Waals surface area (Å²) in [5, 5.41) is 11.6. The summed E-state index contributed by atoms with van der Waals surface area (Å²) in [5.41, 5.74) is 0. The van der Waals surface area contributed by atoms with E-state index < -0.39 is 12.0 Å². The number of carbonyl (C=O) groups excluding carboxylic acids is 1. The second kappa shape index (κ2) is 9.72. The van der Waals surface area contributed by atoms with Gasteiger partial charge in [-0.25, -0.2) is 4.79 Å². The van der Waals surface area contributed by atoms with Crippen molar-refractivity contribution in [1.29, 1.82) is 0 Å². The van der Waals surface area contributed by atoms with E-state index in [4.69, 9.17) is 14.6 Å². The van der Waals surface area contributed by atoms with Gasteiger partial charge in [-0.3, -0.25) is 4.79 Å². The Kier molecular flexibility index (Phi) is 8.22. The molecule has 1 aliphatic rings. The Morgan fingerprint density at radius 1 is 1.40 bits per heavy atom. The molecule has 6 nitrogen and oxygen atoms in total. The standard InChI is InChI=1S/C14H25NO5/c1-2-3-4-12(14(17)18)15-13(16)7-10-20-11-5-8-19-9-6-11/h11-12H,2-10H2,1H3,(H,15,16)(H,17,18)/t12-/m0/s1. The average molecular weight is 287 g/mol. The summed E-state index contributed by atoms with van der Waals surface area (Å²) in [5.74, 6) is -1.24. The zero-order valence-corrected chi connectivity index (χ0v) is 12.1. The largest absolute Gasteiger partial charge is 0.480 e. The molecule has 0 aromatic carbocycles. The highest BCUT2D eigenvalue weighted by molar-refractivity contribution is 5.83. The van der Waals surface area contributed by atoms with Gasteiger partial charge >= 0.3 is 5.97 Å². The van der Waals surface area contributed by atoms with Crippen molar-refractivity contribution >= 4 is 11.9 Å². The molecule has 0 aliphatic carbocycles. The van der Waals surface area contributed by atoms with E-state index in [1.54, 1.807) is 0 Å². The summed E-state index contributed by atoms with van der Waals surface area (Å²) in [7, 11) is 0. The molecule has 2 N–H and O–H groups in total. The normalized spacial score (nSPS) is 17.6. The number of hydrogen-bond donors (Lipinski definition) is 2. The summed E-state index contributed by atoms with van der Waals surface area (Å²) in [6.07, 6.45) is 4.24. The summed E-state index contributed by atoms with van der Waals surface area (Å²) < 4.78 is 10.8. The zero-order chi connectivity index (χ0) is 14.8. The molecule has 0 bridgehead atoms. The molecule has 1 fully saturated rings. The molecule has 0 aromatic rings. The third-order valence-electron chi connectivity index (χ3n) is 3.33. The minimum absolute atomic E-state index is 0.159. The van der Waals surface area contributed by atoms with Gasteiger partial charge in [-0.1, -0.05) is 19.8 Å². The van der Waals surface area contributed by atoms with Gasteiger partial charge in [0.15, 0.2) is 0 Å². The van der Waals surface area contributed by atoms with Crippen LogP contribution in [0, 0.1) is 0 Å². The van der Waals surface area contributed by atoms with E-state index in [-0.39, 0.29) is 18.4 Å². The number of amides is 1. The van der Waals surface area contributed by atoms with Crippen molar-refractivity contribution in [2.45, 2.75) is 57.6 Å². The van der Waals surface area contributed by atoms with Crippen LogP contribution in [0.1, 0.15) is 45.4 Å². The van der Waals surface area contributed by atoms with Crippen LogP contribution >= 0.6 is 0 Å². The van der Waals surface area contributed by atoms with Gasteiger partial charge in [0, 0.05) is 19.6 Å². The summed E-state index contributed by atoms with van der Waals surface area (Å²) in [6.45, 7) is 3.73. The molecule has 1 saturated heterocycles. The van der Waals surface area contributed by atoms with E-state index in [0.29, 0.717) is 26.2 Å². The van der Waals surface area contributed by atoms with Crippen LogP contribution in [0.2, 0.25) is 0 Å². The van der Waals surface area contributed by atoms with E-state index in [9.17, 15) is 9.59 Å². The van der Waals surface area contributed by atoms with E-state index in [2.05, 4.69) is 5.32 Å². The Morgan fingerprint density at radius 3 is 2.70 bits per heavy atom. The van der Waals surface area contributed by atoms with Crippen LogP contribution in [0.5, 0.6) is 0 Å². The fourth-order valence-electron chi connectivity index (χ4n) is 2.09. The molecule has 0 unspecified atom stereocenters. The lowest BCUT2D eigenvalue weighted by Gasteiger charge is -2.22. The molecule has 0 saturated carbocycles. The smallest absolute Gasteiger partial charge is 0.326 e. The summed E-state index contributed by atoms with van der Waals surface area (Å²) in [4.78, 5) is 22.7. The molecule has 0 spiro atoms. The maximum atomic E-state index is 11.7. The number of carboxylic acid groups (broad SMARTS) is 1. The van der Waals surface area contributed by atoms with Crippen molar-refractivity contribution in [1.82, 2.24) is 5.32 Å². The lowest BCUT2D eigenvalue weighted by Crippen LogP contribution is -2.41. The molecule has 1 aliphatic heterocycles. The number of carboxylic acids is 1. The minimum Gasteiger partial charge on any atom is -0.480 e. The van der Waals surface area contributed by atoms with Gasteiger partial charge in [0.1, 0.15) is 6.04 Å². The Labute approximate surface area is 119 Å². The molecule has 1 rings (SSSR count). The quantitative estimate of drug-likeness (QED) is 0.668. The van der Waals surface area contributed by atoms with Crippen molar-refractivity contribution < 1.29 is 24.2 Å². The van der Waals surface area contributed by atoms with Gasteiger partial charge in [0.05, 0.1) is 12.7 Å². The van der Waals surface area contributed by atoms with Gasteiger partial charge in [0.25, 0.3) is 0 Å². The summed E-state index contributed by atoms with van der Waals surface area (Å²) in [6, 6.07) is -0.787. The Balaban J connectivity index is 2.18. The second-order valence-corrected chi connectivity index (χ2v) is 5.03. The highest BCUT2D eigenvalue weighted by atomic mass is 16.5. The molecular formula is C14H25NO5. The predicted octanol–water partition coefficient (Wildman–Crippen LogP) is 1.33. The van der Waals surface area contributed by atoms with Crippen molar-refractivity contribution in [3.8, 4) is 0 Å². The SMILES string of the molecule is CCCC[C@H](NC(=O)CCOC1CCOCC1)C(=O)O. The maximum Gasteiger partial charge on any atom is 0.326 e. The van der Waals surface area contributed by atoms with Crippen LogP contribution < -0.4 is 5.32 Å². The molecule has 1 heterocycles. The highest BCUT2D eigenvalue weighted by Gasteiger charge is 2.19. The first kappa shape index (κ1) is 16.9. The Hall–Kier alpha value is -1.14. The molecule has 20 heavy (non-hydrogen) atoms. The lowest BCUT2D eigenvalue weighted by atomic mass is 10.1. The number of hydrogen-bond acceptors (Lipinski definition) is 4. The second-order valence-electron chi connectivity index (χ2n) is 5.03. The molecule has 0 radical (unpaired) electrons. The number of aliphatic carboxylic acids is 1. The number of carbonyl (C=O) groups is 2. The molecule has 0 aromatic heterocycles. The van der Waals surface area contributed by atoms with Gasteiger partial charge < -0.3 is 19.9 Å². The fraction of sp³-hybridized carbons (Fsp3) is 0.857. The molecule has 116 valence electrons. The first-order valence-electron chi connectivity index (χ1n) is 7.35. The summed E-state index contributed by atoms with van der Waals surface area (Å²) >= 11 is 0. The molecule has 6 heteroatoms. The van der Waals surface area contributed by atoms with Crippen molar-refractivity contribution in [3.63, 3.8) is 0 Å². The monoisotopic (exact) mass is 287 g/mol. The number of unbranched alkanes of at least 4 members (excludes halogenated alkanes) is 1. The average Bonchev–Trinajstić information content (AvgIpc) is 2.44. The third kappa shape index (κ3) is 6.86. The predicted molar refractivity (Wildman–Crippen MR) is 73.5 cm³/mol. The van der Waals surface area contributed by atoms with Crippen LogP contribution in [0.25, 0.3) is 0 Å². The minimum atomic E-state index is -0.975. The van der Waals surface area contributed by atoms with E-state index in [1.807, 2.05) is 6.92 Å². The Bertz CT molecular complexity index is 302. The van der Waals surface area contributed by atoms with Crippen molar-refractivity contribution in [2.24, 2.45) is 0 Å². The van der Waals surface area contributed by atoms with Crippen molar-refractivity contribution in [3.05, 3.63) is 0 Å². The highest BCUT2D eigenvalue weighted by Crippen LogP contribution is 2.10. The van der Waals surface area contributed by atoms with Gasteiger partial charge in [-0.2, -0.15) is 0 Å². The zero-order valence-electron chi connectivity index (χ0n) is 12.1. The molecule has 1 atom stereocenters. The number of rotatable bonds is 9. The van der Waals surface area contributed by atoms with Gasteiger partial charge in [-0.15, -0.1) is 0 Å². The van der Waals surface area contributed by atoms with Gasteiger partial charge in [0.2, 0.25) is 5.91 Å². The van der Waals surface area contributed by atoms with E-state index >= 15 is 0 Å². The van der Waals surface area contributed by atoms with E-state index in [1.165, 1.54) is 0 Å². The van der Waals surface area contributed by atoms with Crippen LogP contribution in [0.15, 0.2) is 0 Å². The van der Waals surface area contributed by atoms with Crippen LogP contribution in [0.4, 0.5) is 0 Å². The molecule has 1 amide bonds. The van der Waals surface area contributed by atoms with Crippen LogP contribution in [0.3, 0.4) is 0 Å². The third-order valence-corrected chi connectivity index (χ3v) is 3.33. The van der Waals surface area contributed by atoms with Crippen LogP contribution in [-0.4, -0.2) is 48.9 Å². The first-order valence-corrected chi connectivity index (χ1v) is 7.35. The fourth-order valence-corrected chi connectivity index (χ4v) is 2.09. The maximum absolute atomic E-state index is 11.7. The van der Waals surface area contributed by atoms with Crippen LogP contribution in [-0.2, 0) is 19.1 Å². The Morgan fingerprint density at radius 2 is 2.10 bits per heavy atom. The molecular weight excluding hydrogens is 262 g/mol. The van der Waals surface area contributed by atoms with Crippen molar-refractivity contribution in [2.75, 3.05) is 19.8 Å². The topological polar surface area (TPSA) is 84.9 Å². The van der Waals surface area contributed by atoms with Gasteiger partial charge in [-0.05, 0) is 19.3 Å². The lowest BCUT2D eigenvalue weighted by molar-refractivity contribution is -0.142. The number of nitrogens with one attached hydrogen (secondary N) is 1. The van der Waals surface area contributed by atoms with E-state index in [0.717, 1.165) is 25.7 Å². The first-order chi connectivity index (χ1) is 9.63. The number of ether oxygens (including phenoxy) is 2.